The van der Waals surface area contributed by atoms with Gasteiger partial charge in [-0.15, -0.1) is 0 Å². The van der Waals surface area contributed by atoms with Gasteiger partial charge in [-0.1, -0.05) is 5.16 Å². The summed E-state index contributed by atoms with van der Waals surface area (Å²) in [5, 5.41) is 13.4. The molecule has 21 heavy (non-hydrogen) atoms. The Hall–Kier alpha value is -2.44. The predicted octanol–water partition coefficient (Wildman–Crippen LogP) is 1.61. The van der Waals surface area contributed by atoms with E-state index >= 15 is 0 Å². The van der Waals surface area contributed by atoms with Crippen LogP contribution in [0.1, 0.15) is 35.3 Å². The molecule has 0 spiro atoms. The van der Waals surface area contributed by atoms with Gasteiger partial charge in [0.15, 0.2) is 0 Å². The lowest BCUT2D eigenvalue weighted by Crippen LogP contribution is -2.36. The molecular formula is C14H15N3O4. The van der Waals surface area contributed by atoms with Crippen LogP contribution in [0.4, 0.5) is 0 Å². The molecular weight excluding hydrogens is 274 g/mol. The van der Waals surface area contributed by atoms with Gasteiger partial charge in [0.1, 0.15) is 0 Å². The molecule has 0 radical (unpaired) electrons. The molecule has 2 aromatic rings. The Balaban J connectivity index is 1.88. The maximum absolute atomic E-state index is 12.6. The van der Waals surface area contributed by atoms with E-state index in [0.717, 1.165) is 12.8 Å². The predicted molar refractivity (Wildman–Crippen MR) is 72.9 cm³/mol. The summed E-state index contributed by atoms with van der Waals surface area (Å²) in [6, 6.07) is 1.46. The first-order chi connectivity index (χ1) is 10.1. The molecule has 7 nitrogen and oxygen atoms in total. The Bertz CT molecular complexity index is 709. The number of aromatic nitrogens is 2. The van der Waals surface area contributed by atoms with Gasteiger partial charge in [0.2, 0.25) is 0 Å². The quantitative estimate of drug-likeness (QED) is 0.922. The molecule has 1 saturated heterocycles. The summed E-state index contributed by atoms with van der Waals surface area (Å²) in [6.07, 6.45) is 2.98. The van der Waals surface area contributed by atoms with Gasteiger partial charge in [-0.3, -0.25) is 9.59 Å². The largest absolute Gasteiger partial charge is 0.481 e. The molecule has 0 aromatic carbocycles. The normalized spacial score (nSPS) is 18.3. The van der Waals surface area contributed by atoms with Crippen LogP contribution in [0, 0.1) is 6.92 Å². The minimum atomic E-state index is -0.886. The van der Waals surface area contributed by atoms with Crippen molar-refractivity contribution in [2.24, 2.45) is 0 Å². The molecule has 3 heterocycles. The molecule has 110 valence electrons. The molecule has 1 atom stereocenters. The minimum absolute atomic E-state index is 0.0201. The smallest absolute Gasteiger partial charge is 0.305 e. The maximum Gasteiger partial charge on any atom is 0.305 e. The molecule has 1 amide bonds. The van der Waals surface area contributed by atoms with E-state index in [1.807, 2.05) is 0 Å². The van der Waals surface area contributed by atoms with E-state index in [1.54, 1.807) is 17.9 Å². The van der Waals surface area contributed by atoms with Gasteiger partial charge in [0, 0.05) is 18.8 Å². The van der Waals surface area contributed by atoms with Crippen LogP contribution in [-0.4, -0.2) is 44.6 Å². The average molecular weight is 289 g/mol. The van der Waals surface area contributed by atoms with Crippen LogP contribution >= 0.6 is 0 Å². The van der Waals surface area contributed by atoms with Crippen molar-refractivity contribution >= 4 is 23.0 Å². The molecule has 7 heteroatoms. The zero-order valence-corrected chi connectivity index (χ0v) is 11.6. The fraction of sp³-hybridized carbons (Fsp3) is 0.429. The Labute approximate surface area is 120 Å². The van der Waals surface area contributed by atoms with E-state index in [0.29, 0.717) is 28.9 Å². The van der Waals surface area contributed by atoms with Crippen molar-refractivity contribution in [2.45, 2.75) is 32.2 Å². The van der Waals surface area contributed by atoms with Crippen molar-refractivity contribution in [1.29, 1.82) is 0 Å². The zero-order chi connectivity index (χ0) is 15.0. The first-order valence-electron chi connectivity index (χ1n) is 6.81. The molecule has 0 aliphatic carbocycles. The van der Waals surface area contributed by atoms with Crippen LogP contribution in [-0.2, 0) is 4.79 Å². The van der Waals surface area contributed by atoms with Crippen molar-refractivity contribution in [3.63, 3.8) is 0 Å². The minimum Gasteiger partial charge on any atom is -0.481 e. The molecule has 1 aliphatic rings. The molecule has 1 fully saturated rings. The fourth-order valence-corrected chi connectivity index (χ4v) is 2.74. The van der Waals surface area contributed by atoms with Gasteiger partial charge in [-0.05, 0) is 25.8 Å². The summed E-state index contributed by atoms with van der Waals surface area (Å²) in [5.41, 5.74) is 1.51. The summed E-state index contributed by atoms with van der Waals surface area (Å²) in [4.78, 5) is 29.1. The number of aliphatic carboxylic acids is 1. The molecule has 0 bridgehead atoms. The number of rotatable bonds is 3. The van der Waals surface area contributed by atoms with E-state index < -0.39 is 5.97 Å². The number of nitrogens with zero attached hydrogens (tertiary/aromatic N) is 3. The topological polar surface area (TPSA) is 96.5 Å². The van der Waals surface area contributed by atoms with Crippen molar-refractivity contribution < 1.29 is 19.2 Å². The lowest BCUT2D eigenvalue weighted by molar-refractivity contribution is -0.137. The number of carbonyl (C=O) groups is 2. The van der Waals surface area contributed by atoms with Crippen molar-refractivity contribution in [2.75, 3.05) is 6.54 Å². The molecule has 3 rings (SSSR count). The van der Waals surface area contributed by atoms with Crippen LogP contribution < -0.4 is 0 Å². The van der Waals surface area contributed by atoms with Gasteiger partial charge in [-0.25, -0.2) is 4.98 Å². The summed E-state index contributed by atoms with van der Waals surface area (Å²) < 4.78 is 5.02. The van der Waals surface area contributed by atoms with Crippen LogP contribution in [0.25, 0.3) is 11.1 Å². The number of hydrogen-bond acceptors (Lipinski definition) is 5. The Morgan fingerprint density at radius 3 is 3.10 bits per heavy atom. The first-order valence-corrected chi connectivity index (χ1v) is 6.81. The first kappa shape index (κ1) is 13.5. The van der Waals surface area contributed by atoms with Crippen LogP contribution in [0.2, 0.25) is 0 Å². The maximum atomic E-state index is 12.6. The zero-order valence-electron chi connectivity index (χ0n) is 11.6. The third-order valence-corrected chi connectivity index (χ3v) is 3.81. The second-order valence-corrected chi connectivity index (χ2v) is 5.24. The van der Waals surface area contributed by atoms with Gasteiger partial charge in [0.05, 0.1) is 23.1 Å². The van der Waals surface area contributed by atoms with Crippen LogP contribution in [0.15, 0.2) is 16.8 Å². The van der Waals surface area contributed by atoms with Crippen molar-refractivity contribution in [1.82, 2.24) is 15.0 Å². The summed E-state index contributed by atoms with van der Waals surface area (Å²) >= 11 is 0. The molecule has 2 aromatic heterocycles. The second-order valence-electron chi connectivity index (χ2n) is 5.24. The van der Waals surface area contributed by atoms with Crippen molar-refractivity contribution in [3.8, 4) is 0 Å². The lowest BCUT2D eigenvalue weighted by atomic mass is 10.1. The van der Waals surface area contributed by atoms with Gasteiger partial charge < -0.3 is 14.5 Å². The molecule has 1 aliphatic heterocycles. The highest BCUT2D eigenvalue weighted by Gasteiger charge is 2.31. The van der Waals surface area contributed by atoms with Crippen LogP contribution in [0.5, 0.6) is 0 Å². The van der Waals surface area contributed by atoms with E-state index in [4.69, 9.17) is 9.63 Å². The second kappa shape index (κ2) is 5.16. The summed E-state index contributed by atoms with van der Waals surface area (Å²) in [6.45, 7) is 2.36. The summed E-state index contributed by atoms with van der Waals surface area (Å²) in [7, 11) is 0. The van der Waals surface area contributed by atoms with E-state index in [1.165, 1.54) is 6.20 Å². The van der Waals surface area contributed by atoms with E-state index in [2.05, 4.69) is 10.1 Å². The Morgan fingerprint density at radius 1 is 1.52 bits per heavy atom. The number of carbonyl (C=O) groups excluding carboxylic acids is 1. The number of carboxylic acids is 1. The van der Waals surface area contributed by atoms with Gasteiger partial charge in [0.25, 0.3) is 11.6 Å². The number of hydrogen-bond donors (Lipinski definition) is 1. The van der Waals surface area contributed by atoms with Gasteiger partial charge in [-0.2, -0.15) is 0 Å². The Kier molecular flexibility index (Phi) is 3.32. The third kappa shape index (κ3) is 2.46. The number of likely N-dealkylation sites (tertiary alicyclic amines) is 1. The molecule has 1 unspecified atom stereocenters. The van der Waals surface area contributed by atoms with Gasteiger partial charge >= 0.3 is 5.97 Å². The molecule has 1 N–H and O–H groups in total. The highest BCUT2D eigenvalue weighted by atomic mass is 16.5. The molecule has 0 saturated carbocycles. The number of fused-ring (bicyclic) bond motifs is 1. The number of aryl methyl sites for hydroxylation is 1. The standard InChI is InChI=1S/C14H15N3O4/c1-8-11-5-9(7-15-13(11)21-16-8)14(20)17-4-2-3-10(17)6-12(18)19/h5,7,10H,2-4,6H2,1H3,(H,18,19). The monoisotopic (exact) mass is 289 g/mol. The number of amides is 1. The number of pyridine rings is 1. The van der Waals surface area contributed by atoms with Crippen LogP contribution in [0.3, 0.4) is 0 Å². The number of carboxylic acid groups (broad SMARTS) is 1. The fourth-order valence-electron chi connectivity index (χ4n) is 2.74. The Morgan fingerprint density at radius 2 is 2.33 bits per heavy atom. The third-order valence-electron chi connectivity index (χ3n) is 3.81. The van der Waals surface area contributed by atoms with E-state index in [9.17, 15) is 9.59 Å². The SMILES string of the molecule is Cc1noc2ncc(C(=O)N3CCCC3CC(=O)O)cc12. The average Bonchev–Trinajstić information content (AvgIpc) is 3.05. The lowest BCUT2D eigenvalue weighted by Gasteiger charge is -2.23. The van der Waals surface area contributed by atoms with E-state index in [-0.39, 0.29) is 18.4 Å². The highest BCUT2D eigenvalue weighted by Crippen LogP contribution is 2.24. The highest BCUT2D eigenvalue weighted by molar-refractivity contribution is 5.97. The summed E-state index contributed by atoms with van der Waals surface area (Å²) in [5.74, 6) is -1.07. The van der Waals surface area contributed by atoms with Crippen molar-refractivity contribution in [3.05, 3.63) is 23.5 Å².